The zero-order chi connectivity index (χ0) is 18.4. The fourth-order valence-electron chi connectivity index (χ4n) is 2.39. The van der Waals surface area contributed by atoms with Crippen LogP contribution in [0.3, 0.4) is 0 Å². The maximum Gasteiger partial charge on any atom is 0.224 e. The molecule has 0 aliphatic heterocycles. The van der Waals surface area contributed by atoms with Crippen molar-refractivity contribution in [2.24, 2.45) is 5.73 Å². The minimum absolute atomic E-state index is 0.189. The molecular weight excluding hydrogens is 326 g/mol. The number of H-pyrrole nitrogens is 2. The number of hydrogen-bond donors (Lipinski definition) is 3. The summed E-state index contributed by atoms with van der Waals surface area (Å²) in [5, 5.41) is 6.22. The molecule has 0 saturated carbocycles. The predicted molar refractivity (Wildman–Crippen MR) is 91.7 cm³/mol. The summed E-state index contributed by atoms with van der Waals surface area (Å²) >= 11 is 0. The van der Waals surface area contributed by atoms with Crippen LogP contribution in [0.5, 0.6) is 0 Å². The fraction of sp³-hybridized carbons (Fsp3) is 0.222. The minimum atomic E-state index is -0.855. The van der Waals surface area contributed by atoms with E-state index in [9.17, 15) is 13.6 Å². The van der Waals surface area contributed by atoms with Crippen LogP contribution in [0.1, 0.15) is 30.9 Å². The highest BCUT2D eigenvalue weighted by atomic mass is 19.2. The van der Waals surface area contributed by atoms with Crippen molar-refractivity contribution in [1.82, 2.24) is 15.2 Å². The van der Waals surface area contributed by atoms with E-state index in [0.717, 1.165) is 18.1 Å². The van der Waals surface area contributed by atoms with Gasteiger partial charge in [-0.05, 0) is 42.7 Å². The van der Waals surface area contributed by atoms with Crippen LogP contribution in [-0.4, -0.2) is 21.1 Å². The van der Waals surface area contributed by atoms with Crippen LogP contribution in [0.15, 0.2) is 42.9 Å². The number of carbonyl (C=O) groups excluding carboxylic acids is 1. The molecule has 2 heterocycles. The van der Waals surface area contributed by atoms with Crippen molar-refractivity contribution in [3.8, 4) is 11.3 Å². The van der Waals surface area contributed by atoms with Crippen LogP contribution < -0.4 is 5.73 Å². The maximum absolute atomic E-state index is 13.1. The molecule has 3 aromatic rings. The van der Waals surface area contributed by atoms with E-state index in [-0.39, 0.29) is 17.4 Å². The number of aromatic amines is 2. The Morgan fingerprint density at radius 1 is 1.28 bits per heavy atom. The van der Waals surface area contributed by atoms with Gasteiger partial charge in [-0.15, -0.1) is 0 Å². The van der Waals surface area contributed by atoms with Gasteiger partial charge in [0.1, 0.15) is 0 Å². The van der Waals surface area contributed by atoms with Gasteiger partial charge in [0.25, 0.3) is 0 Å². The first-order chi connectivity index (χ1) is 12.0. The van der Waals surface area contributed by atoms with Crippen molar-refractivity contribution in [3.63, 3.8) is 0 Å². The van der Waals surface area contributed by atoms with Crippen LogP contribution in [0.2, 0.25) is 0 Å². The highest BCUT2D eigenvalue weighted by Crippen LogP contribution is 2.21. The van der Waals surface area contributed by atoms with E-state index < -0.39 is 11.6 Å². The number of rotatable bonds is 4. The van der Waals surface area contributed by atoms with Gasteiger partial charge in [0.2, 0.25) is 5.91 Å². The molecule has 0 saturated heterocycles. The highest BCUT2D eigenvalue weighted by molar-refractivity contribution is 5.81. The second-order valence-electron chi connectivity index (χ2n) is 5.49. The monoisotopic (exact) mass is 346 g/mol. The van der Waals surface area contributed by atoms with Gasteiger partial charge >= 0.3 is 0 Å². The van der Waals surface area contributed by atoms with Crippen LogP contribution >= 0.6 is 0 Å². The summed E-state index contributed by atoms with van der Waals surface area (Å²) in [6.07, 6.45) is 6.17. The molecule has 25 heavy (non-hydrogen) atoms. The first-order valence-electron chi connectivity index (χ1n) is 7.84. The van der Waals surface area contributed by atoms with Crippen molar-refractivity contribution >= 4 is 5.91 Å². The van der Waals surface area contributed by atoms with Gasteiger partial charge in [0.05, 0.1) is 11.6 Å². The maximum atomic E-state index is 13.1. The van der Waals surface area contributed by atoms with E-state index in [1.54, 1.807) is 6.07 Å². The Labute approximate surface area is 144 Å². The van der Waals surface area contributed by atoms with Crippen molar-refractivity contribution in [3.05, 3.63) is 65.6 Å². The third-order valence-electron chi connectivity index (χ3n) is 3.88. The number of nitrogens with one attached hydrogen (secondary N) is 2. The normalized spacial score (nSPS) is 11.5. The molecule has 1 aromatic carbocycles. The summed E-state index contributed by atoms with van der Waals surface area (Å²) in [5.41, 5.74) is 8.05. The summed E-state index contributed by atoms with van der Waals surface area (Å²) in [7, 11) is 0. The van der Waals surface area contributed by atoms with Gasteiger partial charge in [-0.1, -0.05) is 13.0 Å². The zero-order valence-corrected chi connectivity index (χ0v) is 14.0. The third-order valence-corrected chi connectivity index (χ3v) is 3.88. The van der Waals surface area contributed by atoms with Crippen molar-refractivity contribution < 1.29 is 13.6 Å². The summed E-state index contributed by atoms with van der Waals surface area (Å²) in [4.78, 5) is 13.9. The zero-order valence-electron chi connectivity index (χ0n) is 14.0. The molecule has 0 spiro atoms. The highest BCUT2D eigenvalue weighted by Gasteiger charge is 2.15. The molecule has 0 aliphatic rings. The quantitative estimate of drug-likeness (QED) is 0.675. The minimum Gasteiger partial charge on any atom is -0.369 e. The summed E-state index contributed by atoms with van der Waals surface area (Å²) in [6, 6.07) is 5.60. The standard InChI is InChI=1S/C9H6F2N2.C9H14N2O/c10-7-3-1-2-6(9(7)11)8-4-5-12-13-8;1-3-7-4-11-5-8(7)6(2)9(10)12/h1-5H,(H,12,13);4-6,11H,3H2,1-2H3,(H2,10,12)/t;6-/m.0/s1. The number of benzene rings is 1. The number of carbonyl (C=O) groups is 1. The number of aryl methyl sites for hydroxylation is 1. The molecule has 0 unspecified atom stereocenters. The molecular formula is C18H20F2N4O. The predicted octanol–water partition coefficient (Wildman–Crippen LogP) is 3.52. The lowest BCUT2D eigenvalue weighted by Gasteiger charge is -2.06. The Hall–Kier alpha value is -2.96. The van der Waals surface area contributed by atoms with E-state index in [0.29, 0.717) is 5.69 Å². The van der Waals surface area contributed by atoms with E-state index in [2.05, 4.69) is 22.1 Å². The van der Waals surface area contributed by atoms with Gasteiger partial charge < -0.3 is 10.7 Å². The molecule has 0 aliphatic carbocycles. The van der Waals surface area contributed by atoms with Gasteiger partial charge in [-0.25, -0.2) is 8.78 Å². The number of hydrogen-bond acceptors (Lipinski definition) is 2. The first kappa shape index (κ1) is 18.4. The Morgan fingerprint density at radius 2 is 2.04 bits per heavy atom. The average Bonchev–Trinajstić information content (AvgIpc) is 3.28. The summed E-state index contributed by atoms with van der Waals surface area (Å²) in [5.74, 6) is -2.17. The SMILES string of the molecule is CCc1c[nH]cc1[C@H](C)C(N)=O.Fc1cccc(-c2ccn[nH]2)c1F. The fourth-order valence-corrected chi connectivity index (χ4v) is 2.39. The topological polar surface area (TPSA) is 87.6 Å². The molecule has 132 valence electrons. The number of amides is 1. The number of nitrogens with two attached hydrogens (primary N) is 1. The molecule has 4 N–H and O–H groups in total. The van der Waals surface area contributed by atoms with Crippen LogP contribution in [0.25, 0.3) is 11.3 Å². The molecule has 0 fully saturated rings. The molecule has 2 aromatic heterocycles. The number of nitrogens with zero attached hydrogens (tertiary/aromatic N) is 1. The van der Waals surface area contributed by atoms with Crippen molar-refractivity contribution in [2.45, 2.75) is 26.2 Å². The molecule has 0 radical (unpaired) electrons. The number of primary amides is 1. The molecule has 1 atom stereocenters. The van der Waals surface area contributed by atoms with Gasteiger partial charge in [-0.3, -0.25) is 9.89 Å². The van der Waals surface area contributed by atoms with E-state index in [1.165, 1.54) is 23.9 Å². The molecule has 5 nitrogen and oxygen atoms in total. The Morgan fingerprint density at radius 3 is 2.64 bits per heavy atom. The lowest BCUT2D eigenvalue weighted by atomic mass is 9.99. The van der Waals surface area contributed by atoms with E-state index in [1.807, 2.05) is 19.3 Å². The second kappa shape index (κ2) is 8.23. The second-order valence-corrected chi connectivity index (χ2v) is 5.49. The largest absolute Gasteiger partial charge is 0.369 e. The summed E-state index contributed by atoms with van der Waals surface area (Å²) < 4.78 is 25.9. The third kappa shape index (κ3) is 4.32. The Bertz CT molecular complexity index is 827. The van der Waals surface area contributed by atoms with Crippen LogP contribution in [-0.2, 0) is 11.2 Å². The van der Waals surface area contributed by atoms with Crippen molar-refractivity contribution in [1.29, 1.82) is 0 Å². The lowest BCUT2D eigenvalue weighted by Crippen LogP contribution is -2.19. The molecule has 3 rings (SSSR count). The smallest absolute Gasteiger partial charge is 0.224 e. The molecule has 7 heteroatoms. The average molecular weight is 346 g/mol. The Balaban J connectivity index is 0.000000181. The van der Waals surface area contributed by atoms with Crippen molar-refractivity contribution in [2.75, 3.05) is 0 Å². The molecule has 1 amide bonds. The lowest BCUT2D eigenvalue weighted by molar-refractivity contribution is -0.119. The van der Waals surface area contributed by atoms with Gasteiger partial charge in [-0.2, -0.15) is 5.10 Å². The summed E-state index contributed by atoms with van der Waals surface area (Å²) in [6.45, 7) is 3.88. The van der Waals surface area contributed by atoms with Crippen LogP contribution in [0, 0.1) is 11.6 Å². The van der Waals surface area contributed by atoms with E-state index in [4.69, 9.17) is 5.73 Å². The Kier molecular flexibility index (Phi) is 6.05. The molecule has 0 bridgehead atoms. The number of aromatic nitrogens is 3. The van der Waals surface area contributed by atoms with Crippen LogP contribution in [0.4, 0.5) is 8.78 Å². The van der Waals surface area contributed by atoms with E-state index >= 15 is 0 Å². The first-order valence-corrected chi connectivity index (χ1v) is 7.84. The van der Waals surface area contributed by atoms with Gasteiger partial charge in [0, 0.05) is 24.2 Å². The van der Waals surface area contributed by atoms with Gasteiger partial charge in [0.15, 0.2) is 11.6 Å². The number of halogens is 2.